The normalized spacial score (nSPS) is 22.3. The average Bonchev–Trinajstić information content (AvgIpc) is 2.34. The lowest BCUT2D eigenvalue weighted by molar-refractivity contribution is -0.138. The highest BCUT2D eigenvalue weighted by atomic mass is 16.5. The Balaban J connectivity index is 2.18. The van der Waals surface area contributed by atoms with E-state index in [1.54, 1.807) is 0 Å². The minimum absolute atomic E-state index is 0.222. The number of ether oxygens (including phenoxy) is 1. The first-order chi connectivity index (χ1) is 9.11. The van der Waals surface area contributed by atoms with E-state index in [1.807, 2.05) is 0 Å². The molecule has 1 heterocycles. The highest BCUT2D eigenvalue weighted by molar-refractivity contribution is 5.67. The van der Waals surface area contributed by atoms with Crippen molar-refractivity contribution in [1.82, 2.24) is 4.90 Å². The zero-order valence-corrected chi connectivity index (χ0v) is 11.9. The summed E-state index contributed by atoms with van der Waals surface area (Å²) in [5.41, 5.74) is 0. The summed E-state index contributed by atoms with van der Waals surface area (Å²) < 4.78 is 5.40. The molecule has 0 saturated carbocycles. The van der Waals surface area contributed by atoms with E-state index in [9.17, 15) is 9.90 Å². The van der Waals surface area contributed by atoms with Crippen LogP contribution in [0.2, 0.25) is 0 Å². The molecule has 0 aromatic heterocycles. The van der Waals surface area contributed by atoms with Gasteiger partial charge in [-0.05, 0) is 31.7 Å². The van der Waals surface area contributed by atoms with Gasteiger partial charge in [0, 0.05) is 26.1 Å². The number of β-amino-alcohol motifs (C(OH)–C–C–N with tert-alkyl or cyclic N) is 1. The summed E-state index contributed by atoms with van der Waals surface area (Å²) >= 11 is 0. The van der Waals surface area contributed by atoms with E-state index in [4.69, 9.17) is 9.84 Å². The lowest BCUT2D eigenvalue weighted by Gasteiger charge is -2.33. The highest BCUT2D eigenvalue weighted by Gasteiger charge is 2.23. The molecule has 0 bridgehead atoms. The first-order valence-corrected chi connectivity index (χ1v) is 7.31. The number of aliphatic carboxylic acids is 1. The van der Waals surface area contributed by atoms with Gasteiger partial charge in [-0.15, -0.1) is 0 Å². The van der Waals surface area contributed by atoms with E-state index < -0.39 is 12.1 Å². The standard InChI is InChI=1S/C14H27NO4/c1-2-3-7-19-11-13(16)10-15-6-4-5-12(9-15)8-14(17)18/h12-13,16H,2-11H2,1H3,(H,17,18). The van der Waals surface area contributed by atoms with Crippen molar-refractivity contribution in [1.29, 1.82) is 0 Å². The van der Waals surface area contributed by atoms with E-state index >= 15 is 0 Å². The molecule has 5 nitrogen and oxygen atoms in total. The van der Waals surface area contributed by atoms with Crippen LogP contribution in [-0.2, 0) is 9.53 Å². The second kappa shape index (κ2) is 9.28. The minimum atomic E-state index is -0.727. The summed E-state index contributed by atoms with van der Waals surface area (Å²) in [6.45, 7) is 5.49. The summed E-state index contributed by atoms with van der Waals surface area (Å²) in [5.74, 6) is -0.505. The second-order valence-corrected chi connectivity index (χ2v) is 5.45. The van der Waals surface area contributed by atoms with Crippen LogP contribution >= 0.6 is 0 Å². The molecule has 19 heavy (non-hydrogen) atoms. The van der Waals surface area contributed by atoms with Gasteiger partial charge in [-0.2, -0.15) is 0 Å². The largest absolute Gasteiger partial charge is 0.481 e. The topological polar surface area (TPSA) is 70.0 Å². The Morgan fingerprint density at radius 3 is 3.00 bits per heavy atom. The van der Waals surface area contributed by atoms with E-state index in [0.29, 0.717) is 19.8 Å². The third kappa shape index (κ3) is 7.50. The van der Waals surface area contributed by atoms with Crippen molar-refractivity contribution in [3.63, 3.8) is 0 Å². The zero-order valence-electron chi connectivity index (χ0n) is 11.9. The third-order valence-electron chi connectivity index (χ3n) is 3.49. The monoisotopic (exact) mass is 273 g/mol. The molecule has 2 unspecified atom stereocenters. The van der Waals surface area contributed by atoms with Crippen molar-refractivity contribution in [3.05, 3.63) is 0 Å². The van der Waals surface area contributed by atoms with Crippen LogP contribution in [0.15, 0.2) is 0 Å². The van der Waals surface area contributed by atoms with Crippen molar-refractivity contribution in [2.75, 3.05) is 32.8 Å². The lowest BCUT2D eigenvalue weighted by atomic mass is 9.95. The molecule has 1 aliphatic rings. The Hall–Kier alpha value is -0.650. The molecule has 1 saturated heterocycles. The maximum Gasteiger partial charge on any atom is 0.303 e. The van der Waals surface area contributed by atoms with E-state index in [-0.39, 0.29) is 12.3 Å². The van der Waals surface area contributed by atoms with Gasteiger partial charge in [-0.1, -0.05) is 13.3 Å². The number of carboxylic acids is 1. The van der Waals surface area contributed by atoms with Crippen LogP contribution in [0.25, 0.3) is 0 Å². The van der Waals surface area contributed by atoms with Crippen LogP contribution in [0, 0.1) is 5.92 Å². The van der Waals surface area contributed by atoms with Gasteiger partial charge < -0.3 is 19.8 Å². The number of aliphatic hydroxyl groups is 1. The summed E-state index contributed by atoms with van der Waals surface area (Å²) in [6.07, 6.45) is 3.88. The summed E-state index contributed by atoms with van der Waals surface area (Å²) in [5, 5.41) is 18.7. The molecular weight excluding hydrogens is 246 g/mol. The number of hydrogen-bond donors (Lipinski definition) is 2. The third-order valence-corrected chi connectivity index (χ3v) is 3.49. The fourth-order valence-corrected chi connectivity index (χ4v) is 2.55. The Morgan fingerprint density at radius 1 is 1.53 bits per heavy atom. The molecule has 0 aromatic rings. The maximum atomic E-state index is 10.7. The fraction of sp³-hybridized carbons (Fsp3) is 0.929. The number of piperidine rings is 1. The molecule has 2 N–H and O–H groups in total. The van der Waals surface area contributed by atoms with Gasteiger partial charge in [0.1, 0.15) is 0 Å². The summed E-state index contributed by atoms with van der Waals surface area (Å²) in [7, 11) is 0. The van der Waals surface area contributed by atoms with E-state index in [1.165, 1.54) is 0 Å². The lowest BCUT2D eigenvalue weighted by Crippen LogP contribution is -2.41. The van der Waals surface area contributed by atoms with E-state index in [2.05, 4.69) is 11.8 Å². The van der Waals surface area contributed by atoms with Crippen molar-refractivity contribution in [2.24, 2.45) is 5.92 Å². The zero-order chi connectivity index (χ0) is 14.1. The quantitative estimate of drug-likeness (QED) is 0.621. The minimum Gasteiger partial charge on any atom is -0.481 e. The predicted molar refractivity (Wildman–Crippen MR) is 73.2 cm³/mol. The highest BCUT2D eigenvalue weighted by Crippen LogP contribution is 2.19. The van der Waals surface area contributed by atoms with Gasteiger partial charge in [-0.25, -0.2) is 0 Å². The predicted octanol–water partition coefficient (Wildman–Crippen LogP) is 1.35. The van der Waals surface area contributed by atoms with E-state index in [0.717, 1.165) is 38.8 Å². The smallest absolute Gasteiger partial charge is 0.303 e. The van der Waals surface area contributed by atoms with Gasteiger partial charge in [0.25, 0.3) is 0 Å². The first kappa shape index (κ1) is 16.4. The van der Waals surface area contributed by atoms with Gasteiger partial charge >= 0.3 is 5.97 Å². The number of hydrogen-bond acceptors (Lipinski definition) is 4. The number of aliphatic hydroxyl groups excluding tert-OH is 1. The van der Waals surface area contributed by atoms with Crippen LogP contribution in [0.5, 0.6) is 0 Å². The molecule has 0 radical (unpaired) electrons. The Morgan fingerprint density at radius 2 is 2.32 bits per heavy atom. The molecule has 0 aromatic carbocycles. The van der Waals surface area contributed by atoms with Crippen LogP contribution in [-0.4, -0.2) is 60.0 Å². The van der Waals surface area contributed by atoms with Crippen molar-refractivity contribution in [2.45, 2.75) is 45.1 Å². The Kier molecular flexibility index (Phi) is 8.02. The summed E-state index contributed by atoms with van der Waals surface area (Å²) in [4.78, 5) is 12.9. The van der Waals surface area contributed by atoms with Gasteiger partial charge in [0.2, 0.25) is 0 Å². The number of rotatable bonds is 9. The van der Waals surface area contributed by atoms with Crippen LogP contribution < -0.4 is 0 Å². The van der Waals surface area contributed by atoms with Gasteiger partial charge in [0.15, 0.2) is 0 Å². The van der Waals surface area contributed by atoms with Crippen molar-refractivity contribution < 1.29 is 19.7 Å². The average molecular weight is 273 g/mol. The molecule has 112 valence electrons. The molecule has 0 spiro atoms. The van der Waals surface area contributed by atoms with Gasteiger partial charge in [-0.3, -0.25) is 4.79 Å². The Bertz CT molecular complexity index is 260. The number of unbranched alkanes of at least 4 members (excludes halogenated alkanes) is 1. The molecule has 1 rings (SSSR count). The molecule has 1 fully saturated rings. The SMILES string of the molecule is CCCCOCC(O)CN1CCCC(CC(=O)O)C1. The van der Waals surface area contributed by atoms with Gasteiger partial charge in [0.05, 0.1) is 12.7 Å². The molecule has 1 aliphatic heterocycles. The number of likely N-dealkylation sites (tertiary alicyclic amines) is 1. The van der Waals surface area contributed by atoms with Crippen LogP contribution in [0.3, 0.4) is 0 Å². The molecule has 2 atom stereocenters. The number of carbonyl (C=O) groups is 1. The van der Waals surface area contributed by atoms with Crippen LogP contribution in [0.1, 0.15) is 39.0 Å². The number of carboxylic acid groups (broad SMARTS) is 1. The number of nitrogens with zero attached hydrogens (tertiary/aromatic N) is 1. The molecule has 5 heteroatoms. The summed E-state index contributed by atoms with van der Waals surface area (Å²) in [6, 6.07) is 0. The fourth-order valence-electron chi connectivity index (χ4n) is 2.55. The molecular formula is C14H27NO4. The van der Waals surface area contributed by atoms with Crippen molar-refractivity contribution >= 4 is 5.97 Å². The van der Waals surface area contributed by atoms with Crippen LogP contribution in [0.4, 0.5) is 0 Å². The Labute approximate surface area is 115 Å². The second-order valence-electron chi connectivity index (χ2n) is 5.45. The molecule has 0 aliphatic carbocycles. The first-order valence-electron chi connectivity index (χ1n) is 7.31. The van der Waals surface area contributed by atoms with Crippen molar-refractivity contribution in [3.8, 4) is 0 Å². The maximum absolute atomic E-state index is 10.7. The molecule has 0 amide bonds.